The second-order valence-corrected chi connectivity index (χ2v) is 5.65. The van der Waals surface area contributed by atoms with Gasteiger partial charge in [-0.2, -0.15) is 0 Å². The molecule has 1 aromatic heterocycles. The molecule has 0 saturated carbocycles. The predicted octanol–water partition coefficient (Wildman–Crippen LogP) is 2.16. The quantitative estimate of drug-likeness (QED) is 0.667. The van der Waals surface area contributed by atoms with Gasteiger partial charge in [0.15, 0.2) is 0 Å². The fourth-order valence-corrected chi connectivity index (χ4v) is 2.22. The van der Waals surface area contributed by atoms with E-state index in [9.17, 15) is 15.0 Å². The van der Waals surface area contributed by atoms with Crippen molar-refractivity contribution in [2.75, 3.05) is 6.54 Å². The Morgan fingerprint density at radius 3 is 2.61 bits per heavy atom. The van der Waals surface area contributed by atoms with Crippen molar-refractivity contribution in [3.63, 3.8) is 0 Å². The number of aliphatic hydroxyl groups is 2. The summed E-state index contributed by atoms with van der Waals surface area (Å²) in [7, 11) is 0. The first-order valence-electron chi connectivity index (χ1n) is 6.99. The highest BCUT2D eigenvalue weighted by Crippen LogP contribution is 2.16. The van der Waals surface area contributed by atoms with Crippen LogP contribution in [0.3, 0.4) is 0 Å². The van der Waals surface area contributed by atoms with Crippen LogP contribution < -0.4 is 5.32 Å². The van der Waals surface area contributed by atoms with Crippen LogP contribution in [0.15, 0.2) is 53.1 Å². The zero-order chi connectivity index (χ0) is 16.7. The van der Waals surface area contributed by atoms with Crippen LogP contribution in [0, 0.1) is 0 Å². The molecule has 1 heterocycles. The van der Waals surface area contributed by atoms with Crippen LogP contribution >= 0.6 is 15.9 Å². The summed E-state index contributed by atoms with van der Waals surface area (Å²) in [6, 6.07) is 14.2. The van der Waals surface area contributed by atoms with Gasteiger partial charge in [0.2, 0.25) is 0 Å². The minimum absolute atomic E-state index is 0.137. The lowest BCUT2D eigenvalue weighted by atomic mass is 10.1. The first-order valence-corrected chi connectivity index (χ1v) is 7.78. The van der Waals surface area contributed by atoms with E-state index in [2.05, 4.69) is 26.2 Å². The first-order chi connectivity index (χ1) is 11.1. The molecule has 1 amide bonds. The standard InChI is InChI=1S/C16H17BrN2O4/c17-14-8-4-7-12(19-14)15(21)13(20)9-18-16(22)23-10-11-5-2-1-3-6-11/h1-8,13,15,20-21H,9-10H2,(H,18,22). The second-order valence-electron chi connectivity index (χ2n) is 4.84. The Hall–Kier alpha value is -1.96. The van der Waals surface area contributed by atoms with E-state index < -0.39 is 18.3 Å². The van der Waals surface area contributed by atoms with Crippen molar-refractivity contribution in [1.29, 1.82) is 0 Å². The number of hydrogen-bond donors (Lipinski definition) is 3. The third-order valence-electron chi connectivity index (χ3n) is 3.07. The molecule has 3 N–H and O–H groups in total. The van der Waals surface area contributed by atoms with Crippen LogP contribution in [-0.4, -0.2) is 33.9 Å². The molecule has 0 fully saturated rings. The van der Waals surface area contributed by atoms with Gasteiger partial charge in [-0.05, 0) is 33.6 Å². The van der Waals surface area contributed by atoms with E-state index in [4.69, 9.17) is 4.74 Å². The zero-order valence-corrected chi connectivity index (χ0v) is 13.8. The number of alkyl carbamates (subject to hydrolysis) is 1. The molecule has 2 atom stereocenters. The summed E-state index contributed by atoms with van der Waals surface area (Å²) in [6.07, 6.45) is -3.06. The molecule has 2 aromatic rings. The van der Waals surface area contributed by atoms with E-state index >= 15 is 0 Å². The smallest absolute Gasteiger partial charge is 0.407 e. The van der Waals surface area contributed by atoms with Gasteiger partial charge in [-0.25, -0.2) is 9.78 Å². The van der Waals surface area contributed by atoms with Crippen LogP contribution in [0.25, 0.3) is 0 Å². The number of halogens is 1. The summed E-state index contributed by atoms with van der Waals surface area (Å²) in [4.78, 5) is 15.6. The summed E-state index contributed by atoms with van der Waals surface area (Å²) < 4.78 is 5.57. The average Bonchev–Trinajstić information content (AvgIpc) is 2.58. The summed E-state index contributed by atoms with van der Waals surface area (Å²) in [5.74, 6) is 0. The second kappa shape index (κ2) is 8.61. The molecule has 0 aliphatic rings. The lowest BCUT2D eigenvalue weighted by molar-refractivity contribution is 0.0158. The van der Waals surface area contributed by atoms with Gasteiger partial charge in [-0.3, -0.25) is 0 Å². The van der Waals surface area contributed by atoms with E-state index in [0.717, 1.165) is 5.56 Å². The van der Waals surface area contributed by atoms with E-state index in [1.54, 1.807) is 18.2 Å². The number of carbonyl (C=O) groups excluding carboxylic acids is 1. The van der Waals surface area contributed by atoms with Gasteiger partial charge in [0.1, 0.15) is 23.4 Å². The Labute approximate surface area is 142 Å². The third-order valence-corrected chi connectivity index (χ3v) is 3.51. The van der Waals surface area contributed by atoms with Gasteiger partial charge in [0, 0.05) is 6.54 Å². The van der Waals surface area contributed by atoms with Crippen molar-refractivity contribution in [3.8, 4) is 0 Å². The molecular weight excluding hydrogens is 364 g/mol. The molecular formula is C16H17BrN2O4. The topological polar surface area (TPSA) is 91.7 Å². The SMILES string of the molecule is O=C(NCC(O)C(O)c1cccc(Br)n1)OCc1ccccc1. The Morgan fingerprint density at radius 2 is 1.91 bits per heavy atom. The van der Waals surface area contributed by atoms with Crippen molar-refractivity contribution in [2.24, 2.45) is 0 Å². The molecule has 7 heteroatoms. The first kappa shape index (κ1) is 17.4. The van der Waals surface area contributed by atoms with Gasteiger partial charge < -0.3 is 20.3 Å². The fourth-order valence-electron chi connectivity index (χ4n) is 1.86. The Balaban J connectivity index is 1.77. The predicted molar refractivity (Wildman–Crippen MR) is 87.5 cm³/mol. The average molecular weight is 381 g/mol. The normalized spacial score (nSPS) is 13.2. The molecule has 0 saturated heterocycles. The molecule has 0 bridgehead atoms. The largest absolute Gasteiger partial charge is 0.445 e. The highest BCUT2D eigenvalue weighted by molar-refractivity contribution is 9.10. The van der Waals surface area contributed by atoms with E-state index in [-0.39, 0.29) is 13.2 Å². The number of aliphatic hydroxyl groups excluding tert-OH is 2. The zero-order valence-electron chi connectivity index (χ0n) is 12.2. The lowest BCUT2D eigenvalue weighted by Gasteiger charge is -2.18. The van der Waals surface area contributed by atoms with Gasteiger partial charge in [-0.1, -0.05) is 36.4 Å². The van der Waals surface area contributed by atoms with Crippen LogP contribution in [0.2, 0.25) is 0 Å². The summed E-state index contributed by atoms with van der Waals surface area (Å²) in [6.45, 7) is -0.0124. The molecule has 0 aliphatic carbocycles. The van der Waals surface area contributed by atoms with E-state index in [1.807, 2.05) is 30.3 Å². The van der Waals surface area contributed by atoms with Gasteiger partial charge in [0.05, 0.1) is 5.69 Å². The van der Waals surface area contributed by atoms with Crippen molar-refractivity contribution >= 4 is 22.0 Å². The lowest BCUT2D eigenvalue weighted by Crippen LogP contribution is -2.36. The summed E-state index contributed by atoms with van der Waals surface area (Å²) in [5, 5.41) is 22.3. The number of ether oxygens (including phenoxy) is 1. The molecule has 0 aliphatic heterocycles. The molecule has 6 nitrogen and oxygen atoms in total. The minimum Gasteiger partial charge on any atom is -0.445 e. The molecule has 23 heavy (non-hydrogen) atoms. The molecule has 1 aromatic carbocycles. The number of hydrogen-bond acceptors (Lipinski definition) is 5. The molecule has 2 unspecified atom stereocenters. The van der Waals surface area contributed by atoms with Crippen LogP contribution in [0.1, 0.15) is 17.4 Å². The number of carbonyl (C=O) groups is 1. The van der Waals surface area contributed by atoms with E-state index in [1.165, 1.54) is 0 Å². The van der Waals surface area contributed by atoms with Crippen molar-refractivity contribution in [3.05, 3.63) is 64.4 Å². The molecule has 0 radical (unpaired) electrons. The number of aromatic nitrogens is 1. The number of rotatable bonds is 6. The molecule has 122 valence electrons. The Kier molecular flexibility index (Phi) is 6.52. The van der Waals surface area contributed by atoms with Crippen LogP contribution in [-0.2, 0) is 11.3 Å². The summed E-state index contributed by atoms with van der Waals surface area (Å²) in [5.41, 5.74) is 1.17. The number of nitrogens with zero attached hydrogens (tertiary/aromatic N) is 1. The molecule has 0 spiro atoms. The Morgan fingerprint density at radius 1 is 1.17 bits per heavy atom. The van der Waals surface area contributed by atoms with Gasteiger partial charge >= 0.3 is 6.09 Å². The fraction of sp³-hybridized carbons (Fsp3) is 0.250. The Bertz CT molecular complexity index is 639. The molecule has 2 rings (SSSR count). The summed E-state index contributed by atoms with van der Waals surface area (Å²) >= 11 is 3.19. The van der Waals surface area contributed by atoms with Crippen LogP contribution in [0.4, 0.5) is 4.79 Å². The monoisotopic (exact) mass is 380 g/mol. The van der Waals surface area contributed by atoms with Crippen LogP contribution in [0.5, 0.6) is 0 Å². The van der Waals surface area contributed by atoms with Gasteiger partial charge in [0.25, 0.3) is 0 Å². The van der Waals surface area contributed by atoms with Crippen molar-refractivity contribution in [1.82, 2.24) is 10.3 Å². The third kappa shape index (κ3) is 5.63. The van der Waals surface area contributed by atoms with Crippen molar-refractivity contribution in [2.45, 2.75) is 18.8 Å². The maximum absolute atomic E-state index is 11.6. The maximum Gasteiger partial charge on any atom is 0.407 e. The van der Waals surface area contributed by atoms with Crippen molar-refractivity contribution < 1.29 is 19.7 Å². The number of nitrogens with one attached hydrogen (secondary N) is 1. The maximum atomic E-state index is 11.6. The minimum atomic E-state index is -1.21. The number of pyridine rings is 1. The van der Waals surface area contributed by atoms with E-state index in [0.29, 0.717) is 10.3 Å². The van der Waals surface area contributed by atoms with Gasteiger partial charge in [-0.15, -0.1) is 0 Å². The number of benzene rings is 1. The number of amides is 1. The highest BCUT2D eigenvalue weighted by atomic mass is 79.9. The highest BCUT2D eigenvalue weighted by Gasteiger charge is 2.20.